The maximum atomic E-state index is 14.7. The van der Waals surface area contributed by atoms with Gasteiger partial charge in [0.15, 0.2) is 18.1 Å². The molecule has 4 heterocycles. The summed E-state index contributed by atoms with van der Waals surface area (Å²) in [6.45, 7) is 12.0. The van der Waals surface area contributed by atoms with E-state index in [0.29, 0.717) is 94.4 Å². The Labute approximate surface area is 469 Å². The number of aromatic nitrogens is 3. The minimum atomic E-state index is -2.00. The van der Waals surface area contributed by atoms with Crippen molar-refractivity contribution in [3.05, 3.63) is 106 Å². The number of rotatable bonds is 25. The summed E-state index contributed by atoms with van der Waals surface area (Å²) in [4.78, 5) is 84.2. The Hall–Kier alpha value is -7.56. The van der Waals surface area contributed by atoms with E-state index in [2.05, 4.69) is 51.6 Å². The highest BCUT2D eigenvalue weighted by atomic mass is 32.1. The van der Waals surface area contributed by atoms with Crippen LogP contribution in [0, 0.1) is 19.3 Å². The predicted molar refractivity (Wildman–Crippen MR) is 303 cm³/mol. The number of aliphatic hydroxyl groups excluding tert-OH is 1. The molecule has 1 aliphatic carbocycles. The fraction of sp³-hybridized carbons (Fsp3) is 0.466. The first-order valence-electron chi connectivity index (χ1n) is 27.2. The molecule has 5 amide bonds. The van der Waals surface area contributed by atoms with Crippen LogP contribution in [0.1, 0.15) is 93.7 Å². The van der Waals surface area contributed by atoms with Gasteiger partial charge in [-0.25, -0.2) is 9.37 Å². The van der Waals surface area contributed by atoms with Gasteiger partial charge in [0.05, 0.1) is 48.2 Å². The van der Waals surface area contributed by atoms with Crippen molar-refractivity contribution in [1.82, 2.24) is 35.8 Å². The number of hydrazone groups is 1. The predicted octanol–water partition coefficient (Wildman–Crippen LogP) is 6.43. The number of carbonyl (C=O) groups excluding carboxylic acids is 5. The Morgan fingerprint density at radius 3 is 2.46 bits per heavy atom. The van der Waals surface area contributed by atoms with Crippen LogP contribution in [0.15, 0.2) is 83.4 Å². The highest BCUT2D eigenvalue weighted by Gasteiger charge is 2.53. The number of hydrogen-bond donors (Lipinski definition) is 6. The molecule has 3 atom stereocenters. The Morgan fingerprint density at radius 2 is 1.74 bits per heavy atom. The van der Waals surface area contributed by atoms with Crippen LogP contribution in [-0.4, -0.2) is 137 Å². The second kappa shape index (κ2) is 27.1. The molecule has 6 N–H and O–H groups in total. The van der Waals surface area contributed by atoms with Crippen LogP contribution < -0.4 is 41.1 Å². The summed E-state index contributed by atoms with van der Waals surface area (Å²) >= 11 is 1.45. The highest BCUT2D eigenvalue weighted by Crippen LogP contribution is 2.41. The van der Waals surface area contributed by atoms with Gasteiger partial charge in [0.1, 0.15) is 23.7 Å². The zero-order valence-electron chi connectivity index (χ0n) is 46.0. The van der Waals surface area contributed by atoms with Crippen LogP contribution >= 0.6 is 11.3 Å². The number of benzene rings is 3. The zero-order valence-corrected chi connectivity index (χ0v) is 46.8. The van der Waals surface area contributed by atoms with Gasteiger partial charge in [0, 0.05) is 69.3 Å². The quantitative estimate of drug-likeness (QED) is 0.0210. The number of alkyl halides is 1. The van der Waals surface area contributed by atoms with Crippen LogP contribution in [-0.2, 0) is 41.7 Å². The van der Waals surface area contributed by atoms with Gasteiger partial charge in [-0.15, -0.1) is 11.3 Å². The molecule has 3 fully saturated rings. The topological polar surface area (TPSA) is 251 Å². The lowest BCUT2D eigenvalue weighted by Crippen LogP contribution is -2.59. The molecule has 0 spiro atoms. The molecular formula is C58H72FN11O9S. The number of nitrogens with one attached hydrogen (secondary N) is 5. The average Bonchev–Trinajstić information content (AvgIpc) is 3.92. The van der Waals surface area contributed by atoms with Gasteiger partial charge >= 0.3 is 6.01 Å². The Balaban J connectivity index is 0.756. The fourth-order valence-electron chi connectivity index (χ4n) is 9.23. The summed E-state index contributed by atoms with van der Waals surface area (Å²) in [5, 5.41) is 26.3. The van der Waals surface area contributed by atoms with Crippen molar-refractivity contribution in [3.8, 4) is 22.2 Å². The third kappa shape index (κ3) is 16.5. The number of likely N-dealkylation sites (tertiary alicyclic amines) is 1. The highest BCUT2D eigenvalue weighted by molar-refractivity contribution is 7.13. The van der Waals surface area contributed by atoms with Gasteiger partial charge in [0.2, 0.25) is 17.7 Å². The fourth-order valence-corrected chi connectivity index (χ4v) is 10.0. The number of amides is 5. The number of nitrogens with zero attached hydrogens (tertiary/aromatic N) is 6. The van der Waals surface area contributed by atoms with Gasteiger partial charge in [-0.2, -0.15) is 15.1 Å². The van der Waals surface area contributed by atoms with Crippen molar-refractivity contribution < 1.29 is 47.7 Å². The molecule has 22 heteroatoms. The number of carbonyl (C=O) groups is 5. The summed E-state index contributed by atoms with van der Waals surface area (Å²) in [7, 11) is 0. The Morgan fingerprint density at radius 1 is 0.950 bits per heavy atom. The molecule has 8 rings (SSSR count). The van der Waals surface area contributed by atoms with E-state index in [-0.39, 0.29) is 56.8 Å². The van der Waals surface area contributed by atoms with E-state index < -0.39 is 47.0 Å². The zero-order chi connectivity index (χ0) is 56.8. The first kappa shape index (κ1) is 58.6. The lowest BCUT2D eigenvalue weighted by Gasteiger charge is -2.35. The molecule has 20 nitrogen and oxygen atoms in total. The molecular weight excluding hydrogens is 1050 g/mol. The number of halogens is 1. The van der Waals surface area contributed by atoms with E-state index in [0.717, 1.165) is 38.6 Å². The van der Waals surface area contributed by atoms with Crippen molar-refractivity contribution >= 4 is 64.4 Å². The number of morpholine rings is 1. The lowest BCUT2D eigenvalue weighted by atomic mass is 9.85. The normalized spacial score (nSPS) is 17.1. The van der Waals surface area contributed by atoms with Gasteiger partial charge in [-0.05, 0) is 79.8 Å². The SMILES string of the molecule is Cc1cccc(/C=N/Nc2cc(N3CCOCC3)nc(OCCc3ccc(NC(=O)CCCCCNC(=O)COc4cc(-c5scnc5C)ccc4CNC(=O)[C@@H]4C[C@@H](O)CN4C(=O)[C@@H](NC(=O)C4(F)CC4)C(C)(C)C)cc3)n2)c1. The molecule has 3 aromatic carbocycles. The van der Waals surface area contributed by atoms with E-state index in [1.807, 2.05) is 74.5 Å². The molecule has 2 aliphatic heterocycles. The minimum absolute atomic E-state index is 0.0268. The van der Waals surface area contributed by atoms with Crippen LogP contribution in [0.25, 0.3) is 10.4 Å². The van der Waals surface area contributed by atoms with E-state index in [9.17, 15) is 33.5 Å². The van der Waals surface area contributed by atoms with Gasteiger partial charge < -0.3 is 50.4 Å². The molecule has 426 valence electrons. The van der Waals surface area contributed by atoms with E-state index in [1.54, 1.807) is 44.6 Å². The molecule has 5 aromatic rings. The third-order valence-corrected chi connectivity index (χ3v) is 14.9. The Bertz CT molecular complexity index is 3000. The van der Waals surface area contributed by atoms with Gasteiger partial charge in [-0.1, -0.05) is 81.3 Å². The maximum Gasteiger partial charge on any atom is 0.320 e. The molecule has 0 radical (unpaired) electrons. The summed E-state index contributed by atoms with van der Waals surface area (Å²) in [6.07, 6.45) is 3.76. The number of aliphatic hydroxyl groups is 1. The smallest absolute Gasteiger partial charge is 0.320 e. The first-order chi connectivity index (χ1) is 38.4. The van der Waals surface area contributed by atoms with E-state index in [1.165, 1.54) is 16.2 Å². The largest absolute Gasteiger partial charge is 0.483 e. The summed E-state index contributed by atoms with van der Waals surface area (Å²) in [6, 6.07) is 21.0. The summed E-state index contributed by atoms with van der Waals surface area (Å²) in [5.74, 6) is -0.848. The summed E-state index contributed by atoms with van der Waals surface area (Å²) < 4.78 is 32.3. The number of unbranched alkanes of at least 4 members (excludes halogenated alkanes) is 2. The number of aryl methyl sites for hydroxylation is 2. The number of thiazole rings is 1. The van der Waals surface area contributed by atoms with Crippen molar-refractivity contribution in [2.75, 3.05) is 68.2 Å². The molecule has 80 heavy (non-hydrogen) atoms. The molecule has 2 aromatic heterocycles. The number of anilines is 3. The minimum Gasteiger partial charge on any atom is -0.483 e. The van der Waals surface area contributed by atoms with Crippen LogP contribution in [0.5, 0.6) is 11.8 Å². The van der Waals surface area contributed by atoms with Crippen molar-refractivity contribution in [1.29, 1.82) is 0 Å². The van der Waals surface area contributed by atoms with Crippen LogP contribution in [0.2, 0.25) is 0 Å². The summed E-state index contributed by atoms with van der Waals surface area (Å²) in [5.41, 5.74) is 7.93. The molecule has 1 saturated carbocycles. The standard InChI is InChI=1S/C58H72FN11O9S/c1-37-10-9-11-40(28-37)32-63-68-47-31-48(69-23-26-77-27-24-69)66-56(65-47)78-25-19-39-13-17-43(18-14-39)64-49(72)12-7-6-8-22-60-50(73)35-79-46-29-41(51-38(2)62-36-80-51)15-16-42(46)33-61-53(74)45-30-44(71)34-70(45)54(75)52(57(3,4)5)67-55(76)58(59)20-21-58/h9-11,13-18,28-29,31-32,36,44-45,52,71H,6-8,12,19-27,30,33-35H2,1-5H3,(H,60,73)(H,61,74)(H,64,72)(H,67,76)(H,65,66,68)/b63-32+/t44-,45+,52-/m1/s1. The first-order valence-corrected chi connectivity index (χ1v) is 28.1. The number of ether oxygens (including phenoxy) is 3. The lowest BCUT2D eigenvalue weighted by molar-refractivity contribution is -0.145. The monoisotopic (exact) mass is 1120 g/mol. The van der Waals surface area contributed by atoms with Crippen molar-refractivity contribution in [2.45, 2.75) is 116 Å². The second-order valence-electron chi connectivity index (χ2n) is 21.5. The molecule has 0 unspecified atom stereocenters. The average molecular weight is 1120 g/mol. The van der Waals surface area contributed by atoms with Gasteiger partial charge in [-0.3, -0.25) is 29.4 Å². The van der Waals surface area contributed by atoms with Gasteiger partial charge in [0.25, 0.3) is 11.8 Å². The van der Waals surface area contributed by atoms with Crippen LogP contribution in [0.4, 0.5) is 21.7 Å². The maximum absolute atomic E-state index is 14.7. The molecule has 0 bridgehead atoms. The van der Waals surface area contributed by atoms with Crippen LogP contribution in [0.3, 0.4) is 0 Å². The second-order valence-corrected chi connectivity index (χ2v) is 22.4. The molecule has 3 aliphatic rings. The number of β-amino-alcohol motifs (C(OH)–C–C–N with tert-alkyl or cyclic N) is 1. The van der Waals surface area contributed by atoms with Crippen molar-refractivity contribution in [3.63, 3.8) is 0 Å². The number of hydrogen-bond acceptors (Lipinski definition) is 16. The Kier molecular flexibility index (Phi) is 19.8. The van der Waals surface area contributed by atoms with E-state index in [4.69, 9.17) is 14.2 Å². The molecule has 2 saturated heterocycles. The van der Waals surface area contributed by atoms with Crippen molar-refractivity contribution in [2.24, 2.45) is 10.5 Å². The third-order valence-electron chi connectivity index (χ3n) is 14.0. The van der Waals surface area contributed by atoms with E-state index >= 15 is 0 Å².